The van der Waals surface area contributed by atoms with E-state index in [1.165, 1.54) is 17.8 Å². The van der Waals surface area contributed by atoms with Crippen LogP contribution in [0.4, 0.5) is 23.2 Å². The fourth-order valence-corrected chi connectivity index (χ4v) is 5.34. The molecule has 176 valence electrons. The number of anilines is 1. The van der Waals surface area contributed by atoms with Gasteiger partial charge in [-0.3, -0.25) is 9.78 Å². The summed E-state index contributed by atoms with van der Waals surface area (Å²) in [5, 5.41) is 0.718. The average molecular weight is 480 g/mol. The summed E-state index contributed by atoms with van der Waals surface area (Å²) >= 11 is 1.39. The number of likely N-dealkylation sites (tertiary alicyclic amines) is 1. The van der Waals surface area contributed by atoms with E-state index in [0.717, 1.165) is 61.5 Å². The number of halogens is 4. The van der Waals surface area contributed by atoms with Crippen LogP contribution < -0.4 is 4.90 Å². The van der Waals surface area contributed by atoms with Gasteiger partial charge < -0.3 is 9.80 Å². The third-order valence-electron chi connectivity index (χ3n) is 6.29. The van der Waals surface area contributed by atoms with Crippen molar-refractivity contribution in [1.29, 1.82) is 0 Å². The number of benzene rings is 1. The third kappa shape index (κ3) is 5.03. The Morgan fingerprint density at radius 1 is 1.18 bits per heavy atom. The molecule has 4 rings (SSSR count). The van der Waals surface area contributed by atoms with Crippen LogP contribution >= 0.6 is 11.8 Å². The first-order valence-corrected chi connectivity index (χ1v) is 11.9. The highest BCUT2D eigenvalue weighted by atomic mass is 32.2. The van der Waals surface area contributed by atoms with Gasteiger partial charge in [-0.1, -0.05) is 0 Å². The molecule has 0 aliphatic carbocycles. The summed E-state index contributed by atoms with van der Waals surface area (Å²) in [5.41, 5.74) is 0.638. The molecule has 1 aromatic carbocycles. The van der Waals surface area contributed by atoms with Gasteiger partial charge in [-0.15, -0.1) is 11.8 Å². The Kier molecular flexibility index (Phi) is 6.44. The van der Waals surface area contributed by atoms with Gasteiger partial charge >= 0.3 is 6.18 Å². The van der Waals surface area contributed by atoms with Crippen LogP contribution in [0.3, 0.4) is 0 Å². The van der Waals surface area contributed by atoms with Gasteiger partial charge in [0.2, 0.25) is 0 Å². The summed E-state index contributed by atoms with van der Waals surface area (Å²) in [6.45, 7) is 5.36. The Labute approximate surface area is 194 Å². The van der Waals surface area contributed by atoms with Crippen molar-refractivity contribution in [2.24, 2.45) is 5.41 Å². The second-order valence-electron chi connectivity index (χ2n) is 8.78. The third-order valence-corrected chi connectivity index (χ3v) is 7.09. The lowest BCUT2D eigenvalue weighted by atomic mass is 9.73. The largest absolute Gasteiger partial charge is 0.419 e. The molecule has 0 amide bonds. The summed E-state index contributed by atoms with van der Waals surface area (Å²) in [6, 6.07) is 6.45. The molecule has 2 aliphatic heterocycles. The van der Waals surface area contributed by atoms with Crippen molar-refractivity contribution in [1.82, 2.24) is 9.88 Å². The van der Waals surface area contributed by atoms with E-state index in [2.05, 4.69) is 20.9 Å². The summed E-state index contributed by atoms with van der Waals surface area (Å²) < 4.78 is 52.7. The lowest BCUT2D eigenvalue weighted by Crippen LogP contribution is -2.62. The maximum atomic E-state index is 13.6. The number of carbonyl (C=O) groups is 1. The van der Waals surface area contributed by atoms with Crippen molar-refractivity contribution in [3.05, 3.63) is 70.3 Å². The zero-order valence-corrected chi connectivity index (χ0v) is 19.3. The van der Waals surface area contributed by atoms with Crippen molar-refractivity contribution in [2.45, 2.75) is 25.9 Å². The molecule has 2 aromatic rings. The van der Waals surface area contributed by atoms with Gasteiger partial charge in [0.05, 0.1) is 10.6 Å². The van der Waals surface area contributed by atoms with Crippen LogP contribution in [0.5, 0.6) is 0 Å². The lowest BCUT2D eigenvalue weighted by Gasteiger charge is -2.56. The lowest BCUT2D eigenvalue weighted by molar-refractivity contribution is -0.140. The molecule has 0 saturated carbocycles. The minimum absolute atomic E-state index is 0.118. The van der Waals surface area contributed by atoms with Crippen LogP contribution in [0.1, 0.15) is 34.5 Å². The first kappa shape index (κ1) is 23.6. The number of carbonyl (C=O) groups excluding carboxylic acids is 1. The molecule has 2 fully saturated rings. The van der Waals surface area contributed by atoms with Crippen molar-refractivity contribution in [3.8, 4) is 0 Å². The van der Waals surface area contributed by atoms with Crippen LogP contribution in [0.15, 0.2) is 47.6 Å². The predicted molar refractivity (Wildman–Crippen MR) is 122 cm³/mol. The maximum absolute atomic E-state index is 13.6. The van der Waals surface area contributed by atoms with Gasteiger partial charge in [0.15, 0.2) is 5.78 Å². The highest BCUT2D eigenvalue weighted by molar-refractivity contribution is 8.02. The molecular formula is C24H25F4N3OS. The maximum Gasteiger partial charge on any atom is 0.419 e. The number of piperidine rings is 1. The summed E-state index contributed by atoms with van der Waals surface area (Å²) in [4.78, 5) is 21.5. The molecule has 2 aliphatic rings. The molecule has 0 unspecified atom stereocenters. The van der Waals surface area contributed by atoms with Crippen LogP contribution in [0.2, 0.25) is 0 Å². The molecule has 1 aromatic heterocycles. The molecule has 3 heterocycles. The topological polar surface area (TPSA) is 36.4 Å². The normalized spacial score (nSPS) is 18.4. The Balaban J connectivity index is 1.48. The molecule has 0 N–H and O–H groups in total. The van der Waals surface area contributed by atoms with Crippen LogP contribution in [-0.4, -0.2) is 48.1 Å². The van der Waals surface area contributed by atoms with E-state index in [-0.39, 0.29) is 11.0 Å². The molecule has 4 nitrogen and oxygen atoms in total. The number of nitrogens with zero attached hydrogens (tertiary/aromatic N) is 3. The highest BCUT2D eigenvalue weighted by Gasteiger charge is 2.46. The van der Waals surface area contributed by atoms with Gasteiger partial charge in [0.1, 0.15) is 5.82 Å². The van der Waals surface area contributed by atoms with E-state index in [4.69, 9.17) is 0 Å². The minimum atomic E-state index is -4.85. The molecule has 2 saturated heterocycles. The molecule has 9 heteroatoms. The van der Waals surface area contributed by atoms with Gasteiger partial charge in [0.25, 0.3) is 0 Å². The number of aromatic nitrogens is 1. The average Bonchev–Trinajstić information content (AvgIpc) is 2.75. The number of thioether (sulfide) groups is 1. The van der Waals surface area contributed by atoms with Crippen LogP contribution in [0.25, 0.3) is 0 Å². The smallest absolute Gasteiger partial charge is 0.370 e. The Bertz CT molecular complexity index is 1080. The first-order valence-electron chi connectivity index (χ1n) is 10.7. The number of aryl methyl sites for hydroxylation is 1. The number of rotatable bonds is 5. The monoisotopic (exact) mass is 479 g/mol. The van der Waals surface area contributed by atoms with Crippen molar-refractivity contribution >= 4 is 23.2 Å². The Morgan fingerprint density at radius 2 is 1.94 bits per heavy atom. The number of ketones is 1. The van der Waals surface area contributed by atoms with E-state index in [9.17, 15) is 22.4 Å². The Hall–Kier alpha value is -2.55. The van der Waals surface area contributed by atoms with Gasteiger partial charge in [0, 0.05) is 60.8 Å². The first-order chi connectivity index (χ1) is 15.6. The summed E-state index contributed by atoms with van der Waals surface area (Å²) in [5.74, 6) is -1.95. The molecule has 0 bridgehead atoms. The van der Waals surface area contributed by atoms with Crippen LogP contribution in [0, 0.1) is 18.2 Å². The number of pyridine rings is 1. The Morgan fingerprint density at radius 3 is 2.61 bits per heavy atom. The van der Waals surface area contributed by atoms with Gasteiger partial charge in [-0.2, -0.15) is 13.2 Å². The zero-order chi connectivity index (χ0) is 23.8. The van der Waals surface area contributed by atoms with E-state index < -0.39 is 23.3 Å². The molecule has 1 spiro atoms. The number of alkyl halides is 3. The van der Waals surface area contributed by atoms with Crippen molar-refractivity contribution in [2.75, 3.05) is 37.3 Å². The molecule has 0 atom stereocenters. The fraction of sp³-hybridized carbons (Fsp3) is 0.417. The van der Waals surface area contributed by atoms with E-state index in [1.807, 2.05) is 25.4 Å². The second-order valence-corrected chi connectivity index (χ2v) is 9.61. The highest BCUT2D eigenvalue weighted by Crippen LogP contribution is 2.43. The minimum Gasteiger partial charge on any atom is -0.370 e. The van der Waals surface area contributed by atoms with E-state index in [1.54, 1.807) is 0 Å². The second kappa shape index (κ2) is 9.00. The van der Waals surface area contributed by atoms with Crippen molar-refractivity contribution in [3.63, 3.8) is 0 Å². The van der Waals surface area contributed by atoms with Crippen molar-refractivity contribution < 1.29 is 22.4 Å². The number of allylic oxidation sites excluding steroid dienone is 1. The number of hydrogen-bond acceptors (Lipinski definition) is 5. The molecule has 0 radical (unpaired) electrons. The van der Waals surface area contributed by atoms with Gasteiger partial charge in [-0.25, -0.2) is 4.39 Å². The molecule has 33 heavy (non-hydrogen) atoms. The standard InChI is InChI=1S/C24H25F4N3OS/c1-16-10-18(6-8-29-16)31-14-23(15-31)7-3-9-30(13-23)22(33-2)12-21(32)17-4-5-20(25)19(11-17)24(26,27)28/h4-6,8,10-12H,3,7,9,13-15H2,1-2H3. The van der Waals surface area contributed by atoms with Gasteiger partial charge in [-0.05, 0) is 56.4 Å². The van der Waals surface area contributed by atoms with Crippen LogP contribution in [-0.2, 0) is 6.18 Å². The summed E-state index contributed by atoms with van der Waals surface area (Å²) in [6.07, 6.45) is 2.24. The molecular weight excluding hydrogens is 454 g/mol. The zero-order valence-electron chi connectivity index (χ0n) is 18.5. The SMILES string of the molecule is CSC(=CC(=O)c1ccc(F)c(C(F)(F)F)c1)N1CCCC2(C1)CN(c1ccnc(C)c1)C2. The van der Waals surface area contributed by atoms with E-state index in [0.29, 0.717) is 12.1 Å². The quantitative estimate of drug-likeness (QED) is 0.320. The predicted octanol–water partition coefficient (Wildman–Crippen LogP) is 5.54. The summed E-state index contributed by atoms with van der Waals surface area (Å²) in [7, 11) is 0. The van der Waals surface area contributed by atoms with E-state index >= 15 is 0 Å². The number of hydrogen-bond donors (Lipinski definition) is 0. The fourth-order valence-electron chi connectivity index (χ4n) is 4.70.